The number of carboxylic acids is 1. The molecular formula is C6H5NO3S. The predicted octanol–water partition coefficient (Wildman–Crippen LogP) is 0.800. The van der Waals surface area contributed by atoms with E-state index in [-0.39, 0.29) is 5.01 Å². The van der Waals surface area contributed by atoms with Crippen molar-refractivity contribution < 1.29 is 14.7 Å². The summed E-state index contributed by atoms with van der Waals surface area (Å²) in [4.78, 5) is 24.6. The van der Waals surface area contributed by atoms with Crippen LogP contribution in [0.3, 0.4) is 0 Å². The number of aromatic nitrogens is 1. The van der Waals surface area contributed by atoms with Crippen molar-refractivity contribution in [2.45, 2.75) is 6.42 Å². The third-order valence-corrected chi connectivity index (χ3v) is 1.80. The molecule has 1 aromatic heterocycles. The average Bonchev–Trinajstić information content (AvgIpc) is 2.35. The van der Waals surface area contributed by atoms with Crippen LogP contribution < -0.4 is 0 Å². The molecule has 0 aliphatic heterocycles. The van der Waals surface area contributed by atoms with E-state index in [0.717, 1.165) is 11.3 Å². The highest BCUT2D eigenvalue weighted by Gasteiger charge is 2.11. The monoisotopic (exact) mass is 171 g/mol. The normalized spacial score (nSPS) is 9.45. The third-order valence-electron chi connectivity index (χ3n) is 0.983. The summed E-state index contributed by atoms with van der Waals surface area (Å²) in [5, 5.41) is 10.1. The van der Waals surface area contributed by atoms with Crippen LogP contribution in [0.4, 0.5) is 0 Å². The first-order valence-electron chi connectivity index (χ1n) is 2.84. The number of carboxylic acid groups (broad SMARTS) is 1. The van der Waals surface area contributed by atoms with E-state index in [9.17, 15) is 9.59 Å². The first-order valence-corrected chi connectivity index (χ1v) is 3.72. The second kappa shape index (κ2) is 3.25. The van der Waals surface area contributed by atoms with E-state index in [2.05, 4.69) is 4.98 Å². The Kier molecular flexibility index (Phi) is 2.32. The van der Waals surface area contributed by atoms with Crippen molar-refractivity contribution >= 4 is 23.1 Å². The summed E-state index contributed by atoms with van der Waals surface area (Å²) in [5.74, 6) is -1.56. The van der Waals surface area contributed by atoms with E-state index < -0.39 is 18.2 Å². The van der Waals surface area contributed by atoms with Crippen molar-refractivity contribution in [2.75, 3.05) is 0 Å². The summed E-state index contributed by atoms with van der Waals surface area (Å²) >= 11 is 1.15. The van der Waals surface area contributed by atoms with Crippen molar-refractivity contribution in [1.82, 2.24) is 4.98 Å². The Morgan fingerprint density at radius 3 is 2.82 bits per heavy atom. The van der Waals surface area contributed by atoms with E-state index in [4.69, 9.17) is 5.11 Å². The number of carbonyl (C=O) groups is 2. The Hall–Kier alpha value is -1.23. The number of hydrogen-bond acceptors (Lipinski definition) is 4. The Bertz CT molecular complexity index is 267. The minimum Gasteiger partial charge on any atom is -0.481 e. The van der Waals surface area contributed by atoms with Gasteiger partial charge >= 0.3 is 5.97 Å². The van der Waals surface area contributed by atoms with E-state index in [1.165, 1.54) is 6.20 Å². The second-order valence-electron chi connectivity index (χ2n) is 1.83. The summed E-state index contributed by atoms with van der Waals surface area (Å²) in [5.41, 5.74) is 0. The van der Waals surface area contributed by atoms with E-state index in [0.29, 0.717) is 0 Å². The van der Waals surface area contributed by atoms with Crippen LogP contribution in [0, 0.1) is 0 Å². The van der Waals surface area contributed by atoms with Crippen LogP contribution in [-0.4, -0.2) is 21.8 Å². The first kappa shape index (κ1) is 7.87. The summed E-state index contributed by atoms with van der Waals surface area (Å²) in [6.07, 6.45) is 0.993. The maximum Gasteiger partial charge on any atom is 0.311 e. The molecule has 0 atom stereocenters. The quantitative estimate of drug-likeness (QED) is 0.539. The summed E-state index contributed by atoms with van der Waals surface area (Å²) in [6.45, 7) is 0. The third kappa shape index (κ3) is 2.12. The smallest absolute Gasteiger partial charge is 0.311 e. The number of rotatable bonds is 3. The molecule has 0 amide bonds. The molecule has 58 valence electrons. The van der Waals surface area contributed by atoms with Gasteiger partial charge in [-0.2, -0.15) is 0 Å². The van der Waals surface area contributed by atoms with Gasteiger partial charge in [-0.15, -0.1) is 11.3 Å². The number of hydrogen-bond donors (Lipinski definition) is 1. The van der Waals surface area contributed by atoms with Crippen molar-refractivity contribution in [3.63, 3.8) is 0 Å². The fraction of sp³-hybridized carbons (Fsp3) is 0.167. The molecule has 1 heterocycles. The van der Waals surface area contributed by atoms with Crippen LogP contribution in [0.15, 0.2) is 11.6 Å². The van der Waals surface area contributed by atoms with Crippen molar-refractivity contribution in [1.29, 1.82) is 0 Å². The highest BCUT2D eigenvalue weighted by Crippen LogP contribution is 2.06. The molecule has 0 aliphatic carbocycles. The number of nitrogens with zero attached hydrogens (tertiary/aromatic N) is 1. The topological polar surface area (TPSA) is 67.3 Å². The van der Waals surface area contributed by atoms with Crippen LogP contribution >= 0.6 is 11.3 Å². The van der Waals surface area contributed by atoms with Crippen LogP contribution in [0.1, 0.15) is 16.2 Å². The van der Waals surface area contributed by atoms with Crippen molar-refractivity contribution in [2.24, 2.45) is 0 Å². The van der Waals surface area contributed by atoms with Gasteiger partial charge in [-0.05, 0) is 0 Å². The summed E-state index contributed by atoms with van der Waals surface area (Å²) in [6, 6.07) is 0. The zero-order chi connectivity index (χ0) is 8.27. The lowest BCUT2D eigenvalue weighted by Gasteiger charge is -1.88. The predicted molar refractivity (Wildman–Crippen MR) is 38.7 cm³/mol. The van der Waals surface area contributed by atoms with Crippen LogP contribution in [0.2, 0.25) is 0 Å². The lowest BCUT2D eigenvalue weighted by molar-refractivity contribution is -0.135. The zero-order valence-corrected chi connectivity index (χ0v) is 6.30. The lowest BCUT2D eigenvalue weighted by Crippen LogP contribution is -2.06. The van der Waals surface area contributed by atoms with Crippen LogP contribution in [0.25, 0.3) is 0 Å². The van der Waals surface area contributed by atoms with Gasteiger partial charge in [0.15, 0.2) is 5.01 Å². The van der Waals surface area contributed by atoms with Gasteiger partial charge < -0.3 is 5.11 Å². The number of ketones is 1. The lowest BCUT2D eigenvalue weighted by atomic mass is 10.3. The van der Waals surface area contributed by atoms with Crippen LogP contribution in [-0.2, 0) is 4.79 Å². The van der Waals surface area contributed by atoms with Gasteiger partial charge in [0.05, 0.1) is 0 Å². The Labute approximate surface area is 66.5 Å². The molecule has 5 heteroatoms. The highest BCUT2D eigenvalue weighted by atomic mass is 32.1. The second-order valence-corrected chi connectivity index (χ2v) is 2.73. The zero-order valence-electron chi connectivity index (χ0n) is 5.48. The molecular weight excluding hydrogens is 166 g/mol. The van der Waals surface area contributed by atoms with E-state index in [1.54, 1.807) is 5.38 Å². The Morgan fingerprint density at radius 2 is 2.36 bits per heavy atom. The standard InChI is InChI=1S/C6H5NO3S/c8-4(3-5(9)10)6-7-1-2-11-6/h1-2H,3H2,(H,9,10). The average molecular weight is 171 g/mol. The molecule has 0 saturated carbocycles. The first-order chi connectivity index (χ1) is 5.20. The van der Waals surface area contributed by atoms with Gasteiger partial charge in [-0.25, -0.2) is 4.98 Å². The number of Topliss-reactive ketones (excluding diaryl/α,β-unsaturated/α-hetero) is 1. The van der Waals surface area contributed by atoms with Gasteiger partial charge in [0.1, 0.15) is 6.42 Å². The molecule has 1 rings (SSSR count). The molecule has 1 N–H and O–H groups in total. The van der Waals surface area contributed by atoms with Gasteiger partial charge in [-0.1, -0.05) is 0 Å². The molecule has 0 unspecified atom stereocenters. The fourth-order valence-electron chi connectivity index (χ4n) is 0.574. The SMILES string of the molecule is O=C(O)CC(=O)c1nccs1. The molecule has 0 aliphatic rings. The van der Waals surface area contributed by atoms with Gasteiger partial charge in [-0.3, -0.25) is 9.59 Å². The minimum absolute atomic E-state index is 0.257. The van der Waals surface area contributed by atoms with E-state index >= 15 is 0 Å². The molecule has 1 aromatic rings. The Balaban J connectivity index is 2.64. The van der Waals surface area contributed by atoms with E-state index in [1.807, 2.05) is 0 Å². The summed E-state index contributed by atoms with van der Waals surface area (Å²) in [7, 11) is 0. The molecule has 4 nitrogen and oxygen atoms in total. The number of thiazole rings is 1. The highest BCUT2D eigenvalue weighted by molar-refractivity contribution is 7.11. The molecule has 0 fully saturated rings. The fourth-order valence-corrected chi connectivity index (χ4v) is 1.15. The minimum atomic E-state index is -1.12. The molecule has 11 heavy (non-hydrogen) atoms. The Morgan fingerprint density at radius 1 is 1.64 bits per heavy atom. The number of carbonyl (C=O) groups excluding carboxylic acids is 1. The molecule has 0 aromatic carbocycles. The molecule has 0 radical (unpaired) electrons. The maximum absolute atomic E-state index is 10.9. The largest absolute Gasteiger partial charge is 0.481 e. The molecule has 0 bridgehead atoms. The van der Waals surface area contributed by atoms with Gasteiger partial charge in [0.2, 0.25) is 5.78 Å². The number of aliphatic carboxylic acids is 1. The van der Waals surface area contributed by atoms with Crippen molar-refractivity contribution in [3.8, 4) is 0 Å². The van der Waals surface area contributed by atoms with Gasteiger partial charge in [0.25, 0.3) is 0 Å². The molecule has 0 saturated heterocycles. The van der Waals surface area contributed by atoms with Gasteiger partial charge in [0, 0.05) is 11.6 Å². The maximum atomic E-state index is 10.9. The molecule has 0 spiro atoms. The van der Waals surface area contributed by atoms with Crippen molar-refractivity contribution in [3.05, 3.63) is 16.6 Å². The van der Waals surface area contributed by atoms with Crippen LogP contribution in [0.5, 0.6) is 0 Å². The summed E-state index contributed by atoms with van der Waals surface area (Å²) < 4.78 is 0.